The second-order valence-electron chi connectivity index (χ2n) is 0. The summed E-state index contributed by atoms with van der Waals surface area (Å²) >= 11 is 0. The van der Waals surface area contributed by atoms with E-state index in [1.165, 1.54) is 0 Å². The van der Waals surface area contributed by atoms with Crippen LogP contribution in [0.25, 0.3) is 0 Å². The van der Waals surface area contributed by atoms with Gasteiger partial charge in [0.25, 0.3) is 0 Å². The van der Waals surface area contributed by atoms with Crippen LogP contribution >= 0.6 is 0 Å². The molecule has 0 aromatic heterocycles. The molecule has 0 bridgehead atoms. The van der Waals surface area contributed by atoms with Crippen molar-refractivity contribution in [1.29, 1.82) is 31.6 Å². The van der Waals surface area contributed by atoms with Crippen LogP contribution in [0.15, 0.2) is 0 Å². The van der Waals surface area contributed by atoms with Gasteiger partial charge in [-0.25, -0.2) is 0 Å². The molecule has 0 rings (SSSR count). The van der Waals surface area contributed by atoms with Crippen molar-refractivity contribution in [3.63, 3.8) is 0 Å². The summed E-state index contributed by atoms with van der Waals surface area (Å²) < 4.78 is 0. The van der Waals surface area contributed by atoms with Crippen molar-refractivity contribution in [2.75, 3.05) is 0 Å². The smallest absolute Gasteiger partial charge is 0.512 e. The molecule has 0 aliphatic carbocycles. The quantitative estimate of drug-likeness (QED) is 0.462. The normalized spacial score (nSPS) is 0.857. The van der Waals surface area contributed by atoms with Crippen LogP contribution in [-0.2, 0) is 34.4 Å². The molecule has 0 saturated carbocycles. The van der Waals surface area contributed by atoms with Gasteiger partial charge in [-0.15, -0.1) is 0 Å². The molecule has 0 unspecified atom stereocenters. The van der Waals surface area contributed by atoms with Gasteiger partial charge >= 0.3 is 34.4 Å². The van der Waals surface area contributed by atoms with Crippen LogP contribution in [0.5, 0.6) is 0 Å². The van der Waals surface area contributed by atoms with E-state index in [4.69, 9.17) is 71.0 Å². The van der Waals surface area contributed by atoms with E-state index in [-0.39, 0.29) is 34.4 Å². The third-order valence-electron chi connectivity index (χ3n) is 0. The molecule has 2 radical (unpaired) electrons. The zero-order valence-corrected chi connectivity index (χ0v) is 8.82. The maximum absolute atomic E-state index is 6.25. The van der Waals surface area contributed by atoms with E-state index in [0.717, 1.165) is 0 Å². The number of nitrogens with zero attached hydrogens (tertiary/aromatic N) is 6. The van der Waals surface area contributed by atoms with Gasteiger partial charge in [-0.3, -0.25) is 0 Å². The van der Waals surface area contributed by atoms with Gasteiger partial charge in [-0.05, 0) is 0 Å². The Morgan fingerprint density at radius 1 is 0.357 bits per heavy atom. The Hall–Kier alpha value is -2.01. The van der Waals surface area contributed by atoms with Crippen LogP contribution in [0.2, 0.25) is 0 Å². The fraction of sp³-hybridized carbons (Fsp3) is 0. The molecular weight excluding hydrogens is 264 g/mol. The molecule has 0 fully saturated rings. The summed E-state index contributed by atoms with van der Waals surface area (Å²) in [4.78, 5) is 0. The van der Waals surface area contributed by atoms with E-state index in [1.54, 1.807) is 0 Å². The molecule has 0 aliphatic heterocycles. The van der Waals surface area contributed by atoms with E-state index < -0.39 is 0 Å². The van der Waals surface area contributed by atoms with Crippen LogP contribution < -0.4 is 0 Å². The molecule has 0 heterocycles. The zero-order chi connectivity index (χ0) is 12.0. The van der Waals surface area contributed by atoms with Crippen molar-refractivity contribution in [2.45, 2.75) is 0 Å². The topological polar surface area (TPSA) is 143 Å². The summed E-state index contributed by atoms with van der Waals surface area (Å²) in [6.45, 7) is 28.5. The van der Waals surface area contributed by atoms with Crippen molar-refractivity contribution >= 4 is 0 Å². The van der Waals surface area contributed by atoms with E-state index in [0.29, 0.717) is 0 Å². The fourth-order valence-electron chi connectivity index (χ4n) is 0. The predicted molar refractivity (Wildman–Crippen MR) is 29.8 cm³/mol. The summed E-state index contributed by atoms with van der Waals surface area (Å²) in [6, 6.07) is 0. The molecule has 0 saturated heterocycles. The molecule has 0 amide bonds. The van der Waals surface area contributed by atoms with Crippen molar-refractivity contribution in [3.8, 4) is 0 Å². The molecule has 8 heteroatoms. The average Bonchev–Trinajstić information content (AvgIpc) is 2.33. The third kappa shape index (κ3) is 200. The van der Waals surface area contributed by atoms with Gasteiger partial charge in [0.05, 0.1) is 0 Å². The SMILES string of the molecule is [C-]#N.[C-]#N.[C-]#N.[C-]#N.[C-]#N.[C-]#N.[Cr+3].[Fe+3]. The Morgan fingerprint density at radius 2 is 0.357 bits per heavy atom. The predicted octanol–water partition coefficient (Wildman–Crippen LogP) is 0.573. The first kappa shape index (κ1) is 90.9. The van der Waals surface area contributed by atoms with Crippen LogP contribution in [0.4, 0.5) is 0 Å². The van der Waals surface area contributed by atoms with Gasteiger partial charge in [0, 0.05) is 0 Å². The van der Waals surface area contributed by atoms with Crippen molar-refractivity contribution < 1.29 is 34.4 Å². The molecule has 6 nitrogen and oxygen atoms in total. The first-order valence-corrected chi connectivity index (χ1v) is 1.34. The van der Waals surface area contributed by atoms with Crippen LogP contribution in [0.3, 0.4) is 0 Å². The van der Waals surface area contributed by atoms with E-state index in [2.05, 4.69) is 0 Å². The van der Waals surface area contributed by atoms with Crippen molar-refractivity contribution in [2.24, 2.45) is 0 Å². The monoisotopic (exact) mass is 264 g/mol. The van der Waals surface area contributed by atoms with Crippen LogP contribution in [0, 0.1) is 71.0 Å². The molecule has 0 spiro atoms. The summed E-state index contributed by atoms with van der Waals surface area (Å²) in [5, 5.41) is 37.5. The maximum atomic E-state index is 6.25. The summed E-state index contributed by atoms with van der Waals surface area (Å²) in [7, 11) is 0. The Kier molecular flexibility index (Phi) is 1770. The minimum atomic E-state index is 0. The minimum absolute atomic E-state index is 0. The molecular formula is C6CrFeN6. The van der Waals surface area contributed by atoms with E-state index >= 15 is 0 Å². The minimum Gasteiger partial charge on any atom is -0.512 e. The van der Waals surface area contributed by atoms with Crippen LogP contribution in [0.1, 0.15) is 0 Å². The van der Waals surface area contributed by atoms with Crippen molar-refractivity contribution in [3.05, 3.63) is 39.4 Å². The molecule has 0 aromatic rings. The third-order valence-corrected chi connectivity index (χ3v) is 0. The first-order chi connectivity index (χ1) is 6.00. The van der Waals surface area contributed by atoms with Gasteiger partial charge in [0.2, 0.25) is 0 Å². The Balaban J connectivity index is -0.00000000500. The van der Waals surface area contributed by atoms with Gasteiger partial charge < -0.3 is 71.0 Å². The summed E-state index contributed by atoms with van der Waals surface area (Å²) in [6.07, 6.45) is 0. The Morgan fingerprint density at radius 3 is 0.357 bits per heavy atom. The van der Waals surface area contributed by atoms with Gasteiger partial charge in [0.15, 0.2) is 0 Å². The molecule has 0 atom stereocenters. The maximum Gasteiger partial charge on any atom is 3.00 e. The Labute approximate surface area is 105 Å². The molecule has 0 N–H and O–H groups in total. The van der Waals surface area contributed by atoms with Gasteiger partial charge in [0.1, 0.15) is 0 Å². The number of rotatable bonds is 0. The Bertz CT molecular complexity index is 97.3. The number of hydrogen-bond donors (Lipinski definition) is 0. The van der Waals surface area contributed by atoms with E-state index in [1.807, 2.05) is 0 Å². The second-order valence-corrected chi connectivity index (χ2v) is 0. The molecule has 68 valence electrons. The number of hydrogen-bond acceptors (Lipinski definition) is 6. The second kappa shape index (κ2) is 272. The molecule has 14 heavy (non-hydrogen) atoms. The average molecular weight is 264 g/mol. The van der Waals surface area contributed by atoms with Gasteiger partial charge in [-0.1, -0.05) is 0 Å². The fourth-order valence-corrected chi connectivity index (χ4v) is 0. The molecule has 0 aromatic carbocycles. The largest absolute Gasteiger partial charge is 3.00 e. The first-order valence-electron chi connectivity index (χ1n) is 1.34. The van der Waals surface area contributed by atoms with Crippen molar-refractivity contribution in [1.82, 2.24) is 0 Å². The standard InChI is InChI=1S/6CN.Cr.Fe/c6*1-2;;/q6*-1;2*+3. The van der Waals surface area contributed by atoms with Gasteiger partial charge in [-0.2, -0.15) is 0 Å². The van der Waals surface area contributed by atoms with Crippen LogP contribution in [-0.4, -0.2) is 0 Å². The summed E-state index contributed by atoms with van der Waals surface area (Å²) in [5.41, 5.74) is 0. The van der Waals surface area contributed by atoms with E-state index in [9.17, 15) is 0 Å². The molecule has 0 aliphatic rings. The summed E-state index contributed by atoms with van der Waals surface area (Å²) in [5.74, 6) is 0. The zero-order valence-electron chi connectivity index (χ0n) is 6.45.